The third kappa shape index (κ3) is 4.13. The van der Waals surface area contributed by atoms with Crippen molar-refractivity contribution in [2.75, 3.05) is 26.3 Å². The summed E-state index contributed by atoms with van der Waals surface area (Å²) in [6.07, 6.45) is 1.28. The molecule has 1 aliphatic heterocycles. The highest BCUT2D eigenvalue weighted by molar-refractivity contribution is 6.42. The summed E-state index contributed by atoms with van der Waals surface area (Å²) in [6, 6.07) is 13.4. The van der Waals surface area contributed by atoms with Gasteiger partial charge in [0.25, 0.3) is 0 Å². The first-order valence-electron chi connectivity index (χ1n) is 9.84. The van der Waals surface area contributed by atoms with Gasteiger partial charge in [-0.25, -0.2) is 4.98 Å². The van der Waals surface area contributed by atoms with E-state index in [9.17, 15) is 4.79 Å². The lowest BCUT2D eigenvalue weighted by molar-refractivity contribution is -0.138. The van der Waals surface area contributed by atoms with Gasteiger partial charge in [0.15, 0.2) is 0 Å². The van der Waals surface area contributed by atoms with Gasteiger partial charge in [-0.15, -0.1) is 0 Å². The second kappa shape index (κ2) is 8.74. The number of rotatable bonds is 5. The molecule has 0 radical (unpaired) electrons. The molecular formula is C22H23Cl2N3O2. The molecule has 152 valence electrons. The Morgan fingerprint density at radius 3 is 2.52 bits per heavy atom. The van der Waals surface area contributed by atoms with Gasteiger partial charge in [0.2, 0.25) is 5.91 Å². The van der Waals surface area contributed by atoms with Gasteiger partial charge in [-0.3, -0.25) is 4.79 Å². The highest BCUT2D eigenvalue weighted by atomic mass is 35.5. The minimum atomic E-state index is -0.353. The zero-order valence-corrected chi connectivity index (χ0v) is 17.8. The first-order valence-corrected chi connectivity index (χ1v) is 10.6. The minimum Gasteiger partial charge on any atom is -0.378 e. The van der Waals surface area contributed by atoms with Crippen LogP contribution in [-0.2, 0) is 16.0 Å². The molecule has 1 saturated heterocycles. The maximum Gasteiger partial charge on any atom is 0.245 e. The molecule has 1 aliphatic rings. The summed E-state index contributed by atoms with van der Waals surface area (Å²) in [5.41, 5.74) is 2.72. The lowest BCUT2D eigenvalue weighted by Gasteiger charge is -2.31. The Hall–Kier alpha value is -2.08. The van der Waals surface area contributed by atoms with Crippen molar-refractivity contribution < 1.29 is 9.53 Å². The van der Waals surface area contributed by atoms with E-state index in [1.807, 2.05) is 40.7 Å². The average Bonchev–Trinajstić information content (AvgIpc) is 3.07. The molecule has 7 heteroatoms. The molecule has 2 heterocycles. The molecule has 3 aromatic rings. The molecule has 2 aromatic carbocycles. The third-order valence-electron chi connectivity index (χ3n) is 5.32. The van der Waals surface area contributed by atoms with Crippen LogP contribution in [-0.4, -0.2) is 46.7 Å². The van der Waals surface area contributed by atoms with E-state index < -0.39 is 0 Å². The predicted octanol–water partition coefficient (Wildman–Crippen LogP) is 4.74. The fourth-order valence-corrected chi connectivity index (χ4v) is 4.17. The van der Waals surface area contributed by atoms with E-state index in [0.29, 0.717) is 49.2 Å². The summed E-state index contributed by atoms with van der Waals surface area (Å²) in [4.78, 5) is 20.1. The van der Waals surface area contributed by atoms with Crippen molar-refractivity contribution >= 4 is 40.1 Å². The molecule has 4 rings (SSSR count). The number of fused-ring (bicyclic) bond motifs is 1. The fourth-order valence-electron chi connectivity index (χ4n) is 3.85. The molecule has 1 amide bonds. The molecule has 1 aromatic heterocycles. The molecule has 29 heavy (non-hydrogen) atoms. The number of amides is 1. The lowest BCUT2D eigenvalue weighted by atomic mass is 10.1. The quantitative estimate of drug-likeness (QED) is 0.585. The fraction of sp³-hybridized carbons (Fsp3) is 0.364. The Balaban J connectivity index is 1.81. The third-order valence-corrected chi connectivity index (χ3v) is 6.04. The number of carbonyl (C=O) groups excluding carboxylic acids is 1. The van der Waals surface area contributed by atoms with E-state index in [-0.39, 0.29) is 11.9 Å². The zero-order chi connectivity index (χ0) is 20.4. The second-order valence-corrected chi connectivity index (χ2v) is 7.99. The minimum absolute atomic E-state index is 0.0930. The molecule has 0 unspecified atom stereocenters. The van der Waals surface area contributed by atoms with Crippen molar-refractivity contribution in [3.63, 3.8) is 0 Å². The van der Waals surface area contributed by atoms with Crippen LogP contribution in [0.4, 0.5) is 0 Å². The van der Waals surface area contributed by atoms with E-state index in [1.165, 1.54) is 0 Å². The number of benzene rings is 2. The monoisotopic (exact) mass is 431 g/mol. The number of hydrogen-bond acceptors (Lipinski definition) is 3. The smallest absolute Gasteiger partial charge is 0.245 e. The summed E-state index contributed by atoms with van der Waals surface area (Å²) in [5, 5.41) is 0.919. The summed E-state index contributed by atoms with van der Waals surface area (Å²) in [6.45, 7) is 4.40. The van der Waals surface area contributed by atoms with Gasteiger partial charge in [0.05, 0.1) is 34.3 Å². The summed E-state index contributed by atoms with van der Waals surface area (Å²) in [5.74, 6) is 0.925. The van der Waals surface area contributed by atoms with Crippen LogP contribution in [0.25, 0.3) is 11.0 Å². The van der Waals surface area contributed by atoms with E-state index in [0.717, 1.165) is 22.4 Å². The van der Waals surface area contributed by atoms with Gasteiger partial charge in [0.1, 0.15) is 11.9 Å². The Bertz CT molecular complexity index is 1010. The summed E-state index contributed by atoms with van der Waals surface area (Å²) in [7, 11) is 0. The molecule has 0 saturated carbocycles. The number of morpholine rings is 1. The van der Waals surface area contributed by atoms with Crippen molar-refractivity contribution in [3.8, 4) is 0 Å². The average molecular weight is 432 g/mol. The highest BCUT2D eigenvalue weighted by Gasteiger charge is 2.29. The SMILES string of the molecule is CC[C@H](C(=O)N1CCOCC1)n1c(Cc2ccccc2)nc2cc(Cl)c(Cl)cc21. The Labute approximate surface area is 180 Å². The molecule has 0 N–H and O–H groups in total. The van der Waals surface area contributed by atoms with Gasteiger partial charge in [-0.2, -0.15) is 0 Å². The van der Waals surface area contributed by atoms with Gasteiger partial charge < -0.3 is 14.2 Å². The zero-order valence-electron chi connectivity index (χ0n) is 16.3. The first kappa shape index (κ1) is 20.2. The maximum absolute atomic E-state index is 13.4. The first-order chi connectivity index (χ1) is 14.1. The summed E-state index contributed by atoms with van der Waals surface area (Å²) < 4.78 is 7.45. The van der Waals surface area contributed by atoms with Crippen molar-refractivity contribution in [3.05, 3.63) is 63.9 Å². The number of hydrogen-bond donors (Lipinski definition) is 0. The van der Waals surface area contributed by atoms with Crippen molar-refractivity contribution in [2.24, 2.45) is 0 Å². The Kier molecular flexibility index (Phi) is 6.09. The number of nitrogens with zero attached hydrogens (tertiary/aromatic N) is 3. The van der Waals surface area contributed by atoms with Gasteiger partial charge >= 0.3 is 0 Å². The van der Waals surface area contributed by atoms with Crippen LogP contribution < -0.4 is 0 Å². The molecule has 0 spiro atoms. The largest absolute Gasteiger partial charge is 0.378 e. The lowest BCUT2D eigenvalue weighted by Crippen LogP contribution is -2.44. The normalized spacial score (nSPS) is 15.6. The molecule has 5 nitrogen and oxygen atoms in total. The van der Waals surface area contributed by atoms with Crippen LogP contribution in [0.5, 0.6) is 0 Å². The summed E-state index contributed by atoms with van der Waals surface area (Å²) >= 11 is 12.6. The Morgan fingerprint density at radius 2 is 1.83 bits per heavy atom. The van der Waals surface area contributed by atoms with E-state index in [2.05, 4.69) is 12.1 Å². The number of ether oxygens (including phenoxy) is 1. The predicted molar refractivity (Wildman–Crippen MR) is 116 cm³/mol. The standard InChI is InChI=1S/C22H23Cl2N3O2/c1-2-19(22(28)26-8-10-29-11-9-26)27-20-14-17(24)16(23)13-18(20)25-21(27)12-15-6-4-3-5-7-15/h3-7,13-14,19H,2,8-12H2,1H3/t19-/m1/s1. The van der Waals surface area contributed by atoms with Gasteiger partial charge in [-0.1, -0.05) is 60.5 Å². The molecule has 0 aliphatic carbocycles. The van der Waals surface area contributed by atoms with Gasteiger partial charge in [0, 0.05) is 19.5 Å². The van der Waals surface area contributed by atoms with E-state index in [4.69, 9.17) is 32.9 Å². The number of carbonyl (C=O) groups is 1. The number of imidazole rings is 1. The van der Waals surface area contributed by atoms with E-state index in [1.54, 1.807) is 6.07 Å². The van der Waals surface area contributed by atoms with Crippen molar-refractivity contribution in [1.82, 2.24) is 14.5 Å². The van der Waals surface area contributed by atoms with Crippen LogP contribution in [0.2, 0.25) is 10.0 Å². The van der Waals surface area contributed by atoms with Crippen LogP contribution in [0.3, 0.4) is 0 Å². The number of aromatic nitrogens is 2. The number of halogens is 2. The van der Waals surface area contributed by atoms with Crippen LogP contribution in [0, 0.1) is 0 Å². The Morgan fingerprint density at radius 1 is 1.14 bits per heavy atom. The highest BCUT2D eigenvalue weighted by Crippen LogP contribution is 2.32. The van der Waals surface area contributed by atoms with Crippen LogP contribution in [0.15, 0.2) is 42.5 Å². The van der Waals surface area contributed by atoms with Crippen LogP contribution in [0.1, 0.15) is 30.8 Å². The second-order valence-electron chi connectivity index (χ2n) is 7.18. The van der Waals surface area contributed by atoms with Crippen LogP contribution >= 0.6 is 23.2 Å². The van der Waals surface area contributed by atoms with Gasteiger partial charge in [-0.05, 0) is 24.1 Å². The topological polar surface area (TPSA) is 47.4 Å². The molecule has 0 bridgehead atoms. The van der Waals surface area contributed by atoms with Crippen molar-refractivity contribution in [1.29, 1.82) is 0 Å². The molecule has 1 fully saturated rings. The van der Waals surface area contributed by atoms with Crippen molar-refractivity contribution in [2.45, 2.75) is 25.8 Å². The molecule has 1 atom stereocenters. The molecular weight excluding hydrogens is 409 g/mol. The van der Waals surface area contributed by atoms with E-state index >= 15 is 0 Å². The maximum atomic E-state index is 13.4.